The number of aliphatic hydroxyl groups excluding tert-OH is 2. The number of primary amides is 1. The Hall–Kier alpha value is -8.17. The summed E-state index contributed by atoms with van der Waals surface area (Å²) in [5, 5.41) is 68.1. The molecule has 27 heteroatoms. The molecule has 410 valence electrons. The van der Waals surface area contributed by atoms with Crippen LogP contribution < -0.4 is 54.0 Å². The highest BCUT2D eigenvalue weighted by Gasteiger charge is 2.35. The fourth-order valence-corrected chi connectivity index (χ4v) is 7.41. The monoisotopic (exact) mass is 1050 g/mol. The summed E-state index contributed by atoms with van der Waals surface area (Å²) in [4.78, 5) is 145. The molecule has 8 atom stereocenters. The lowest BCUT2D eigenvalue weighted by molar-refractivity contribution is -0.142. The standard InChI is InChI=1S/C48H67N11O16/c1-23(2)15-32(55-41(67)29(49)17-26-19-51-30-8-6-5-7-28(26)30)44(70)58-36(22-61)45(71)56-33(18-39(65)66)42(68)52-20-38(64)53-35(21-60)46(72)59-40(24(3)4)47(73)54-31(13-14-37(50)63)43(69)57-34(48(74)75)16-25-9-11-27(62)12-10-25/h5-12,19,23-24,29,31-36,40,51,60-62H,13-18,20-22,49H2,1-4H3,(H2,50,63)(H,52,68)(H,53,64)(H,54,73)(H,55,67)(H,56,71)(H,57,69)(H,58,70)(H,59,72)(H,65,66)(H,74,75)/t29-,31-,32-,33-,34-,35-,36-,40-/m0/s1. The molecule has 0 fully saturated rings. The number of rotatable bonds is 31. The van der Waals surface area contributed by atoms with Crippen LogP contribution in [0.2, 0.25) is 0 Å². The normalized spacial score (nSPS) is 14.4. The SMILES string of the molecule is CC(C)C[C@H](NC(=O)[C@@H](N)Cc1c[nH]c2ccccc12)C(=O)N[C@@H](CO)C(=O)N[C@@H](CC(=O)O)C(=O)NCC(=O)N[C@@H](CO)C(=O)N[C@H](C(=O)N[C@@H](CCC(N)=O)C(=O)N[C@@H](Cc1ccc(O)cc1)C(=O)O)C(C)C. The van der Waals surface area contributed by atoms with E-state index in [-0.39, 0.29) is 30.9 Å². The fourth-order valence-electron chi connectivity index (χ4n) is 7.41. The van der Waals surface area contributed by atoms with Crippen molar-refractivity contribution < 1.29 is 78.3 Å². The van der Waals surface area contributed by atoms with Crippen molar-refractivity contribution in [1.82, 2.24) is 47.5 Å². The number of benzene rings is 2. The minimum Gasteiger partial charge on any atom is -0.508 e. The van der Waals surface area contributed by atoms with Gasteiger partial charge in [-0.05, 0) is 60.4 Å². The number of carbonyl (C=O) groups excluding carboxylic acids is 9. The van der Waals surface area contributed by atoms with Crippen molar-refractivity contribution in [1.29, 1.82) is 0 Å². The predicted octanol–water partition coefficient (Wildman–Crippen LogP) is -3.99. The van der Waals surface area contributed by atoms with E-state index in [1.54, 1.807) is 20.0 Å². The Morgan fingerprint density at radius 1 is 0.613 bits per heavy atom. The third-order valence-electron chi connectivity index (χ3n) is 11.4. The highest BCUT2D eigenvalue weighted by Crippen LogP contribution is 2.19. The van der Waals surface area contributed by atoms with Gasteiger partial charge in [0, 0.05) is 29.9 Å². The van der Waals surface area contributed by atoms with Crippen LogP contribution in [0, 0.1) is 11.8 Å². The molecule has 0 spiro atoms. The summed E-state index contributed by atoms with van der Waals surface area (Å²) >= 11 is 0. The Kier molecular flexibility index (Phi) is 24.1. The van der Waals surface area contributed by atoms with Crippen LogP contribution >= 0.6 is 0 Å². The maximum absolute atomic E-state index is 13.6. The smallest absolute Gasteiger partial charge is 0.326 e. The molecular weight excluding hydrogens is 987 g/mol. The molecule has 0 bridgehead atoms. The first-order chi connectivity index (χ1) is 35.3. The van der Waals surface area contributed by atoms with Crippen molar-refractivity contribution in [2.45, 2.75) is 115 Å². The molecule has 3 rings (SSSR count). The predicted molar refractivity (Wildman–Crippen MR) is 265 cm³/mol. The summed E-state index contributed by atoms with van der Waals surface area (Å²) in [5.74, 6) is -13.3. The molecular formula is C48H67N11O16. The van der Waals surface area contributed by atoms with Crippen molar-refractivity contribution in [2.75, 3.05) is 19.8 Å². The zero-order chi connectivity index (χ0) is 56.1. The number of para-hydroxylation sites is 1. The number of aromatic nitrogens is 1. The zero-order valence-electron chi connectivity index (χ0n) is 41.7. The molecule has 0 unspecified atom stereocenters. The van der Waals surface area contributed by atoms with Crippen molar-refractivity contribution in [3.63, 3.8) is 0 Å². The Labute approximate surface area is 430 Å². The van der Waals surface area contributed by atoms with Gasteiger partial charge in [-0.25, -0.2) is 4.79 Å². The Morgan fingerprint density at radius 3 is 1.75 bits per heavy atom. The van der Waals surface area contributed by atoms with E-state index < -0.39 is 158 Å². The number of phenols is 1. The first-order valence-corrected chi connectivity index (χ1v) is 23.8. The molecule has 27 nitrogen and oxygen atoms in total. The lowest BCUT2D eigenvalue weighted by Crippen LogP contribution is -2.60. The van der Waals surface area contributed by atoms with Gasteiger partial charge in [0.1, 0.15) is 48.0 Å². The summed E-state index contributed by atoms with van der Waals surface area (Å²) in [6.45, 7) is 3.42. The maximum atomic E-state index is 13.6. The molecule has 0 saturated heterocycles. The number of phenolic OH excluding ortho intramolecular Hbond substituents is 1. The van der Waals surface area contributed by atoms with E-state index in [0.717, 1.165) is 16.5 Å². The second-order valence-electron chi connectivity index (χ2n) is 18.4. The number of aliphatic carboxylic acids is 2. The number of aromatic hydroxyl groups is 1. The van der Waals surface area contributed by atoms with E-state index >= 15 is 0 Å². The van der Waals surface area contributed by atoms with Crippen molar-refractivity contribution >= 4 is 76.0 Å². The molecule has 9 amide bonds. The molecule has 1 aromatic heterocycles. The molecule has 75 heavy (non-hydrogen) atoms. The Bertz CT molecular complexity index is 2520. The van der Waals surface area contributed by atoms with Gasteiger partial charge in [-0.1, -0.05) is 58.0 Å². The number of aromatic amines is 1. The van der Waals surface area contributed by atoms with Crippen LogP contribution in [0.4, 0.5) is 0 Å². The van der Waals surface area contributed by atoms with Crippen LogP contribution in [0.1, 0.15) is 64.5 Å². The number of hydrogen-bond acceptors (Lipinski definition) is 15. The summed E-state index contributed by atoms with van der Waals surface area (Å²) in [6.07, 6.45) is -0.224. The molecule has 0 aliphatic rings. The summed E-state index contributed by atoms with van der Waals surface area (Å²) in [5.41, 5.74) is 13.5. The van der Waals surface area contributed by atoms with Crippen LogP contribution in [0.3, 0.4) is 0 Å². The van der Waals surface area contributed by atoms with Crippen LogP contribution in [-0.4, -0.2) is 164 Å². The van der Waals surface area contributed by atoms with Gasteiger partial charge in [-0.2, -0.15) is 0 Å². The minimum atomic E-state index is -1.91. The number of H-pyrrole nitrogens is 1. The van der Waals surface area contributed by atoms with E-state index in [1.807, 2.05) is 24.3 Å². The fraction of sp³-hybridized carbons (Fsp3) is 0.479. The quantitative estimate of drug-likeness (QED) is 0.0292. The van der Waals surface area contributed by atoms with Crippen LogP contribution in [0.5, 0.6) is 5.75 Å². The molecule has 3 aromatic rings. The maximum Gasteiger partial charge on any atom is 0.326 e. The Morgan fingerprint density at radius 2 is 1.16 bits per heavy atom. The minimum absolute atomic E-state index is 0.0685. The van der Waals surface area contributed by atoms with Gasteiger partial charge >= 0.3 is 11.9 Å². The number of fused-ring (bicyclic) bond motifs is 1. The average molecular weight is 1050 g/mol. The molecule has 0 aliphatic carbocycles. The topological polar surface area (TPSA) is 453 Å². The van der Waals surface area contributed by atoms with E-state index in [0.29, 0.717) is 5.56 Å². The molecule has 0 aliphatic heterocycles. The lowest BCUT2D eigenvalue weighted by Gasteiger charge is -2.27. The molecule has 1 heterocycles. The second kappa shape index (κ2) is 29.5. The number of nitrogens with two attached hydrogens (primary N) is 2. The Balaban J connectivity index is 1.62. The van der Waals surface area contributed by atoms with Gasteiger partial charge in [-0.3, -0.25) is 47.9 Å². The molecule has 0 saturated carbocycles. The number of hydrogen-bond donors (Lipinski definition) is 16. The van der Waals surface area contributed by atoms with Gasteiger partial charge in [0.05, 0.1) is 32.2 Å². The van der Waals surface area contributed by atoms with Crippen LogP contribution in [0.25, 0.3) is 10.9 Å². The van der Waals surface area contributed by atoms with Gasteiger partial charge in [0.25, 0.3) is 0 Å². The third kappa shape index (κ3) is 20.0. The number of carboxylic acids is 2. The molecule has 2 aromatic carbocycles. The van der Waals surface area contributed by atoms with E-state index in [4.69, 9.17) is 11.5 Å². The highest BCUT2D eigenvalue weighted by atomic mass is 16.4. The first kappa shape index (κ1) is 61.1. The number of aliphatic hydroxyl groups is 2. The van der Waals surface area contributed by atoms with E-state index in [9.17, 15) is 78.3 Å². The largest absolute Gasteiger partial charge is 0.508 e. The zero-order valence-corrected chi connectivity index (χ0v) is 41.7. The van der Waals surface area contributed by atoms with Crippen LogP contribution in [0.15, 0.2) is 54.7 Å². The molecule has 0 radical (unpaired) electrons. The van der Waals surface area contributed by atoms with Gasteiger partial charge in [0.2, 0.25) is 53.2 Å². The van der Waals surface area contributed by atoms with Crippen molar-refractivity contribution in [3.8, 4) is 5.75 Å². The summed E-state index contributed by atoms with van der Waals surface area (Å²) < 4.78 is 0. The highest BCUT2D eigenvalue weighted by molar-refractivity contribution is 5.98. The summed E-state index contributed by atoms with van der Waals surface area (Å²) in [6, 6.07) is 0.466. The van der Waals surface area contributed by atoms with Crippen molar-refractivity contribution in [2.24, 2.45) is 23.3 Å². The lowest BCUT2D eigenvalue weighted by atomic mass is 10.0. The number of amides is 9. The van der Waals surface area contributed by atoms with Crippen LogP contribution in [-0.2, 0) is 65.6 Å². The van der Waals surface area contributed by atoms with Gasteiger partial charge in [-0.15, -0.1) is 0 Å². The first-order valence-electron chi connectivity index (χ1n) is 23.8. The average Bonchev–Trinajstić information content (AvgIpc) is 3.75. The third-order valence-corrected chi connectivity index (χ3v) is 11.4. The van der Waals surface area contributed by atoms with Crippen molar-refractivity contribution in [3.05, 3.63) is 65.9 Å². The van der Waals surface area contributed by atoms with E-state index in [1.165, 1.54) is 38.1 Å². The number of carboxylic acid groups (broad SMARTS) is 2. The number of nitrogens with one attached hydrogen (secondary N) is 9. The van der Waals surface area contributed by atoms with E-state index in [2.05, 4.69) is 47.5 Å². The van der Waals surface area contributed by atoms with Gasteiger partial charge < -0.3 is 84.5 Å². The second-order valence-corrected chi connectivity index (χ2v) is 18.4. The number of carbonyl (C=O) groups is 11. The summed E-state index contributed by atoms with van der Waals surface area (Å²) in [7, 11) is 0. The molecule has 18 N–H and O–H groups in total. The van der Waals surface area contributed by atoms with Gasteiger partial charge in [0.15, 0.2) is 0 Å².